The van der Waals surface area contributed by atoms with Crippen LogP contribution in [0.4, 0.5) is 4.39 Å². The minimum atomic E-state index is -0.960. The van der Waals surface area contributed by atoms with Crippen molar-refractivity contribution in [2.24, 2.45) is 0 Å². The number of benzene rings is 1. The third kappa shape index (κ3) is 3.63. The number of phenols is 1. The van der Waals surface area contributed by atoms with E-state index in [4.69, 9.17) is 9.26 Å². The molecule has 6 nitrogen and oxygen atoms in total. The van der Waals surface area contributed by atoms with E-state index >= 15 is 0 Å². The number of rotatable bonds is 4. The molecule has 2 atom stereocenters. The Morgan fingerprint density at radius 2 is 1.96 bits per heavy atom. The average Bonchev–Trinajstić information content (AvgIpc) is 3.10. The molecule has 4 rings (SSSR count). The van der Waals surface area contributed by atoms with Crippen LogP contribution in [0.1, 0.15) is 31.4 Å². The summed E-state index contributed by atoms with van der Waals surface area (Å²) in [6.45, 7) is 1.84. The maximum absolute atomic E-state index is 13.9. The summed E-state index contributed by atoms with van der Waals surface area (Å²) in [6.07, 6.45) is 3.20. The number of phenolic OH excluding ortho intramolecular Hbond substituents is 1. The molecule has 7 heteroatoms. The summed E-state index contributed by atoms with van der Waals surface area (Å²) in [5.41, 5.74) is 3.42. The highest BCUT2D eigenvalue weighted by Crippen LogP contribution is 2.33. The lowest BCUT2D eigenvalue weighted by Crippen LogP contribution is -2.32. The maximum atomic E-state index is 13.9. The highest BCUT2D eigenvalue weighted by molar-refractivity contribution is 5.74. The number of aromatic nitrogens is 3. The molecule has 0 unspecified atom stereocenters. The monoisotopic (exact) mass is 369 g/mol. The molecule has 2 heterocycles. The Hall–Kier alpha value is -2.96. The van der Waals surface area contributed by atoms with E-state index in [1.807, 2.05) is 13.0 Å². The van der Waals surface area contributed by atoms with Gasteiger partial charge in [-0.3, -0.25) is 0 Å². The molecule has 2 aromatic heterocycles. The number of aromatic hydroxyl groups is 1. The Labute approximate surface area is 156 Å². The maximum Gasteiger partial charge on any atom is 0.233 e. The van der Waals surface area contributed by atoms with E-state index < -0.39 is 12.3 Å². The van der Waals surface area contributed by atoms with Crippen molar-refractivity contribution < 1.29 is 18.8 Å². The third-order valence-corrected chi connectivity index (χ3v) is 4.87. The van der Waals surface area contributed by atoms with Crippen LogP contribution < -0.4 is 4.74 Å². The summed E-state index contributed by atoms with van der Waals surface area (Å²) in [4.78, 5) is 0. The second-order valence-electron chi connectivity index (χ2n) is 6.76. The van der Waals surface area contributed by atoms with Crippen LogP contribution in [0.25, 0.3) is 22.4 Å². The Morgan fingerprint density at radius 3 is 2.63 bits per heavy atom. The van der Waals surface area contributed by atoms with E-state index in [1.165, 1.54) is 0 Å². The Morgan fingerprint density at radius 1 is 1.11 bits per heavy atom. The minimum absolute atomic E-state index is 0.0761. The van der Waals surface area contributed by atoms with Gasteiger partial charge in [0.05, 0.1) is 11.4 Å². The lowest BCUT2D eigenvalue weighted by Gasteiger charge is -2.25. The van der Waals surface area contributed by atoms with Crippen LogP contribution in [0.5, 0.6) is 11.6 Å². The van der Waals surface area contributed by atoms with Crippen molar-refractivity contribution in [3.63, 3.8) is 0 Å². The number of hydrogen-bond acceptors (Lipinski definition) is 6. The van der Waals surface area contributed by atoms with Gasteiger partial charge < -0.3 is 14.4 Å². The van der Waals surface area contributed by atoms with Crippen molar-refractivity contribution in [2.75, 3.05) is 0 Å². The van der Waals surface area contributed by atoms with E-state index in [0.29, 0.717) is 30.0 Å². The summed E-state index contributed by atoms with van der Waals surface area (Å²) in [5, 5.41) is 22.4. The molecular weight excluding hydrogens is 349 g/mol. The minimum Gasteiger partial charge on any atom is -0.507 e. The van der Waals surface area contributed by atoms with Crippen LogP contribution in [0.2, 0.25) is 0 Å². The number of aryl methyl sites for hydroxylation is 1. The van der Waals surface area contributed by atoms with E-state index in [9.17, 15) is 9.50 Å². The Bertz CT molecular complexity index is 926. The normalized spacial score (nSPS) is 19.8. The van der Waals surface area contributed by atoms with Crippen molar-refractivity contribution in [1.29, 1.82) is 0 Å². The van der Waals surface area contributed by atoms with Gasteiger partial charge in [0, 0.05) is 17.2 Å². The van der Waals surface area contributed by atoms with Gasteiger partial charge in [0.15, 0.2) is 0 Å². The topological polar surface area (TPSA) is 81.3 Å². The van der Waals surface area contributed by atoms with Crippen LogP contribution in [0.15, 0.2) is 41.1 Å². The summed E-state index contributed by atoms with van der Waals surface area (Å²) in [7, 11) is 0. The first-order valence-electron chi connectivity index (χ1n) is 9.01. The SMILES string of the molecule is Cc1nocc1-c1ccc(-c2ccc(O[C@H]3CCCC[C@H]3F)nn2)c(O)c1. The van der Waals surface area contributed by atoms with Crippen molar-refractivity contribution in [2.45, 2.75) is 44.9 Å². The zero-order valence-electron chi connectivity index (χ0n) is 14.9. The Kier molecular flexibility index (Phi) is 4.75. The van der Waals surface area contributed by atoms with Gasteiger partial charge in [0.2, 0.25) is 5.88 Å². The van der Waals surface area contributed by atoms with Crippen molar-refractivity contribution in [3.05, 3.63) is 42.3 Å². The van der Waals surface area contributed by atoms with E-state index in [2.05, 4.69) is 15.4 Å². The molecule has 0 spiro atoms. The smallest absolute Gasteiger partial charge is 0.233 e. The second-order valence-corrected chi connectivity index (χ2v) is 6.76. The fourth-order valence-corrected chi connectivity index (χ4v) is 3.35. The van der Waals surface area contributed by atoms with Gasteiger partial charge in [-0.25, -0.2) is 4.39 Å². The largest absolute Gasteiger partial charge is 0.507 e. The Balaban J connectivity index is 1.52. The lowest BCUT2D eigenvalue weighted by atomic mass is 9.96. The standard InChI is InChI=1S/C20H20FN3O3/c1-12-15(11-26-24-12)13-6-7-14(18(25)10-13)17-8-9-20(23-22-17)27-19-5-3-2-4-16(19)21/h6-11,16,19,25H,2-5H2,1H3/t16-,19+/m1/s1. The van der Waals surface area contributed by atoms with Gasteiger partial charge in [-0.15, -0.1) is 10.2 Å². The van der Waals surface area contributed by atoms with Crippen LogP contribution >= 0.6 is 0 Å². The molecule has 0 aliphatic heterocycles. The first-order valence-corrected chi connectivity index (χ1v) is 9.01. The van der Waals surface area contributed by atoms with E-state index in [1.54, 1.807) is 30.5 Å². The van der Waals surface area contributed by atoms with Crippen molar-refractivity contribution in [3.8, 4) is 34.0 Å². The number of ether oxygens (including phenoxy) is 1. The fourth-order valence-electron chi connectivity index (χ4n) is 3.35. The predicted molar refractivity (Wildman–Crippen MR) is 97.1 cm³/mol. The molecule has 1 saturated carbocycles. The first-order chi connectivity index (χ1) is 13.1. The number of alkyl halides is 1. The summed E-state index contributed by atoms with van der Waals surface area (Å²) in [5.74, 6) is 0.372. The van der Waals surface area contributed by atoms with Crippen LogP contribution in [0, 0.1) is 6.92 Å². The first kappa shape index (κ1) is 17.5. The molecule has 1 aliphatic carbocycles. The van der Waals surface area contributed by atoms with Gasteiger partial charge in [-0.05, 0) is 49.9 Å². The highest BCUT2D eigenvalue weighted by Gasteiger charge is 2.26. The van der Waals surface area contributed by atoms with Crippen molar-refractivity contribution >= 4 is 0 Å². The molecule has 0 bridgehead atoms. The van der Waals surface area contributed by atoms with Crippen LogP contribution in [-0.4, -0.2) is 32.7 Å². The van der Waals surface area contributed by atoms with Gasteiger partial charge in [-0.1, -0.05) is 17.6 Å². The molecule has 1 fully saturated rings. The molecule has 27 heavy (non-hydrogen) atoms. The fraction of sp³-hybridized carbons (Fsp3) is 0.350. The molecule has 0 amide bonds. The van der Waals surface area contributed by atoms with Gasteiger partial charge >= 0.3 is 0 Å². The van der Waals surface area contributed by atoms with Gasteiger partial charge in [0.1, 0.15) is 24.3 Å². The average molecular weight is 369 g/mol. The third-order valence-electron chi connectivity index (χ3n) is 4.87. The zero-order valence-corrected chi connectivity index (χ0v) is 14.9. The molecular formula is C20H20FN3O3. The molecule has 0 saturated heterocycles. The molecule has 1 N–H and O–H groups in total. The highest BCUT2D eigenvalue weighted by atomic mass is 19.1. The van der Waals surface area contributed by atoms with Crippen molar-refractivity contribution in [1.82, 2.24) is 15.4 Å². The predicted octanol–water partition coefficient (Wildman–Crippen LogP) is 4.47. The van der Waals surface area contributed by atoms with Gasteiger partial charge in [-0.2, -0.15) is 0 Å². The molecule has 0 radical (unpaired) electrons. The molecule has 1 aromatic carbocycles. The number of hydrogen-bond donors (Lipinski definition) is 1. The molecule has 140 valence electrons. The zero-order chi connectivity index (χ0) is 18.8. The summed E-state index contributed by atoms with van der Waals surface area (Å²) >= 11 is 0. The molecule has 3 aromatic rings. The van der Waals surface area contributed by atoms with Crippen LogP contribution in [0.3, 0.4) is 0 Å². The number of nitrogens with zero attached hydrogens (tertiary/aromatic N) is 3. The molecule has 1 aliphatic rings. The quantitative estimate of drug-likeness (QED) is 0.731. The van der Waals surface area contributed by atoms with Gasteiger partial charge in [0.25, 0.3) is 0 Å². The second kappa shape index (κ2) is 7.34. The van der Waals surface area contributed by atoms with Crippen LogP contribution in [-0.2, 0) is 0 Å². The summed E-state index contributed by atoms with van der Waals surface area (Å²) in [6, 6.07) is 8.62. The lowest BCUT2D eigenvalue weighted by molar-refractivity contribution is 0.0594. The van der Waals surface area contributed by atoms with E-state index in [0.717, 1.165) is 29.7 Å². The summed E-state index contributed by atoms with van der Waals surface area (Å²) < 4.78 is 24.5. The number of halogens is 1. The van der Waals surface area contributed by atoms with E-state index in [-0.39, 0.29) is 5.75 Å².